The second kappa shape index (κ2) is 7.81. The van der Waals surface area contributed by atoms with Crippen LogP contribution in [0, 0.1) is 5.82 Å². The summed E-state index contributed by atoms with van der Waals surface area (Å²) >= 11 is 5.76. The van der Waals surface area contributed by atoms with Crippen molar-refractivity contribution in [3.05, 3.63) is 60.2 Å². The van der Waals surface area contributed by atoms with Crippen LogP contribution in [0.15, 0.2) is 49.3 Å². The Morgan fingerprint density at radius 2 is 1.89 bits per heavy atom. The third-order valence-corrected chi connectivity index (χ3v) is 4.76. The summed E-state index contributed by atoms with van der Waals surface area (Å²) in [6, 6.07) is 5.74. The lowest BCUT2D eigenvalue weighted by molar-refractivity contribution is 0.208. The fourth-order valence-electron chi connectivity index (χ4n) is 2.96. The number of piperazine rings is 1. The fourth-order valence-corrected chi connectivity index (χ4v) is 3.14. The van der Waals surface area contributed by atoms with E-state index in [-0.39, 0.29) is 11.1 Å². The number of aromatic nitrogens is 4. The van der Waals surface area contributed by atoms with Gasteiger partial charge in [-0.3, -0.25) is 4.57 Å². The number of hydrogen-bond acceptors (Lipinski definition) is 5. The quantitative estimate of drug-likeness (QED) is 0.730. The first-order valence-corrected chi connectivity index (χ1v) is 9.04. The number of amides is 2. The van der Waals surface area contributed by atoms with Gasteiger partial charge in [0.15, 0.2) is 0 Å². The van der Waals surface area contributed by atoms with Gasteiger partial charge in [0.05, 0.1) is 5.02 Å². The number of halogens is 2. The molecule has 1 saturated heterocycles. The third-order valence-electron chi connectivity index (χ3n) is 4.47. The molecule has 0 bridgehead atoms. The van der Waals surface area contributed by atoms with Gasteiger partial charge in [0.2, 0.25) is 0 Å². The van der Waals surface area contributed by atoms with Gasteiger partial charge in [0, 0.05) is 50.3 Å². The predicted molar refractivity (Wildman–Crippen MR) is 103 cm³/mol. The lowest BCUT2D eigenvalue weighted by Gasteiger charge is -2.35. The monoisotopic (exact) mass is 401 g/mol. The number of carbonyl (C=O) groups excluding carboxylic acids is 1. The Labute approximate surface area is 165 Å². The van der Waals surface area contributed by atoms with E-state index in [0.29, 0.717) is 31.9 Å². The number of hydrogen-bond donors (Lipinski definition) is 1. The fraction of sp³-hybridized carbons (Fsp3) is 0.222. The van der Waals surface area contributed by atoms with Gasteiger partial charge in [0.25, 0.3) is 0 Å². The minimum Gasteiger partial charge on any atom is -0.353 e. The van der Waals surface area contributed by atoms with E-state index in [4.69, 9.17) is 11.6 Å². The van der Waals surface area contributed by atoms with E-state index in [1.807, 2.05) is 16.8 Å². The van der Waals surface area contributed by atoms with E-state index in [2.05, 4.69) is 25.2 Å². The minimum absolute atomic E-state index is 0.0277. The highest BCUT2D eigenvalue weighted by Crippen LogP contribution is 2.20. The average molecular weight is 402 g/mol. The molecule has 28 heavy (non-hydrogen) atoms. The van der Waals surface area contributed by atoms with E-state index in [1.165, 1.54) is 24.5 Å². The molecular formula is C18H17ClFN7O. The summed E-state index contributed by atoms with van der Waals surface area (Å²) in [6.45, 7) is 2.34. The predicted octanol–water partition coefficient (Wildman–Crippen LogP) is 2.81. The molecule has 2 amide bonds. The maximum Gasteiger partial charge on any atom is 0.321 e. The standard InChI is InChI=1S/C18H17ClFN7O/c19-14-9-13(1-2-15(14)20)24-18(28)26-7-5-25(6-8-26)16-10-17(23-11-22-16)27-4-3-21-12-27/h1-4,9-12H,5-8H2,(H,24,28). The van der Waals surface area contributed by atoms with E-state index in [1.54, 1.807) is 17.4 Å². The molecule has 144 valence electrons. The van der Waals surface area contributed by atoms with Gasteiger partial charge in [-0.05, 0) is 18.2 Å². The van der Waals surface area contributed by atoms with E-state index >= 15 is 0 Å². The first kappa shape index (κ1) is 18.2. The summed E-state index contributed by atoms with van der Waals surface area (Å²) in [5.41, 5.74) is 0.458. The van der Waals surface area contributed by atoms with Gasteiger partial charge in [-0.1, -0.05) is 11.6 Å². The molecule has 0 unspecified atom stereocenters. The average Bonchev–Trinajstić information content (AvgIpc) is 3.26. The van der Waals surface area contributed by atoms with Crippen LogP contribution in [0.3, 0.4) is 0 Å². The van der Waals surface area contributed by atoms with Crippen LogP contribution in [0.4, 0.5) is 20.7 Å². The highest BCUT2D eigenvalue weighted by atomic mass is 35.5. The van der Waals surface area contributed by atoms with Crippen molar-refractivity contribution in [2.45, 2.75) is 0 Å². The normalized spacial score (nSPS) is 14.2. The first-order chi connectivity index (χ1) is 13.6. The maximum atomic E-state index is 13.2. The Hall–Kier alpha value is -3.20. The Bertz CT molecular complexity index is 974. The van der Waals surface area contributed by atoms with Crippen LogP contribution in [0.2, 0.25) is 5.02 Å². The Morgan fingerprint density at radius 1 is 1.11 bits per heavy atom. The van der Waals surface area contributed by atoms with E-state index in [9.17, 15) is 9.18 Å². The van der Waals surface area contributed by atoms with Crippen molar-refractivity contribution in [1.29, 1.82) is 0 Å². The summed E-state index contributed by atoms with van der Waals surface area (Å²) < 4.78 is 15.0. The highest BCUT2D eigenvalue weighted by molar-refractivity contribution is 6.31. The number of benzene rings is 1. The molecule has 1 fully saturated rings. The molecule has 0 spiro atoms. The number of anilines is 2. The Balaban J connectivity index is 1.37. The number of nitrogens with one attached hydrogen (secondary N) is 1. The second-order valence-corrected chi connectivity index (χ2v) is 6.64. The highest BCUT2D eigenvalue weighted by Gasteiger charge is 2.22. The minimum atomic E-state index is -0.520. The van der Waals surface area contributed by atoms with Crippen molar-refractivity contribution in [1.82, 2.24) is 24.4 Å². The van der Waals surface area contributed by atoms with Crippen molar-refractivity contribution in [3.8, 4) is 5.82 Å². The molecule has 1 N–H and O–H groups in total. The van der Waals surface area contributed by atoms with Crippen molar-refractivity contribution >= 4 is 29.1 Å². The maximum absolute atomic E-state index is 13.2. The van der Waals surface area contributed by atoms with Gasteiger partial charge >= 0.3 is 6.03 Å². The summed E-state index contributed by atoms with van der Waals surface area (Å²) in [6.07, 6.45) is 6.70. The number of rotatable bonds is 3. The van der Waals surface area contributed by atoms with Crippen LogP contribution >= 0.6 is 11.6 Å². The van der Waals surface area contributed by atoms with Gasteiger partial charge in [-0.25, -0.2) is 24.1 Å². The molecule has 0 aliphatic carbocycles. The second-order valence-electron chi connectivity index (χ2n) is 6.24. The zero-order valence-corrected chi connectivity index (χ0v) is 15.6. The van der Waals surface area contributed by atoms with E-state index in [0.717, 1.165) is 11.6 Å². The summed E-state index contributed by atoms with van der Waals surface area (Å²) in [5, 5.41) is 2.72. The molecule has 10 heteroatoms. The molecule has 1 aliphatic heterocycles. The molecule has 3 aromatic rings. The SMILES string of the molecule is O=C(Nc1ccc(F)c(Cl)c1)N1CCN(c2cc(-n3ccnc3)ncn2)CC1. The molecule has 0 radical (unpaired) electrons. The molecule has 1 aliphatic rings. The van der Waals surface area contributed by atoms with Crippen LogP contribution in [0.1, 0.15) is 0 Å². The largest absolute Gasteiger partial charge is 0.353 e. The number of imidazole rings is 1. The van der Waals surface area contributed by atoms with Crippen molar-refractivity contribution < 1.29 is 9.18 Å². The van der Waals surface area contributed by atoms with Gasteiger partial charge in [0.1, 0.15) is 30.1 Å². The van der Waals surface area contributed by atoms with Crippen LogP contribution in [0.25, 0.3) is 5.82 Å². The summed E-state index contributed by atoms with van der Waals surface area (Å²) in [7, 11) is 0. The van der Waals surface area contributed by atoms with Crippen LogP contribution in [-0.2, 0) is 0 Å². The van der Waals surface area contributed by atoms with Crippen molar-refractivity contribution in [3.63, 3.8) is 0 Å². The summed E-state index contributed by atoms with van der Waals surface area (Å²) in [5.74, 6) is 1.01. The number of carbonyl (C=O) groups is 1. The van der Waals surface area contributed by atoms with Crippen LogP contribution < -0.4 is 10.2 Å². The lowest BCUT2D eigenvalue weighted by Crippen LogP contribution is -2.50. The van der Waals surface area contributed by atoms with Crippen LogP contribution in [0.5, 0.6) is 0 Å². The number of nitrogens with zero attached hydrogens (tertiary/aromatic N) is 6. The first-order valence-electron chi connectivity index (χ1n) is 8.66. The topological polar surface area (TPSA) is 79.2 Å². The van der Waals surface area contributed by atoms with Crippen molar-refractivity contribution in [2.75, 3.05) is 36.4 Å². The van der Waals surface area contributed by atoms with Gasteiger partial charge in [-0.2, -0.15) is 0 Å². The molecule has 2 aromatic heterocycles. The molecule has 1 aromatic carbocycles. The molecular weight excluding hydrogens is 385 g/mol. The number of urea groups is 1. The zero-order valence-electron chi connectivity index (χ0n) is 14.8. The summed E-state index contributed by atoms with van der Waals surface area (Å²) in [4.78, 5) is 28.9. The molecule has 0 saturated carbocycles. The third kappa shape index (κ3) is 3.89. The molecule has 4 rings (SSSR count). The van der Waals surface area contributed by atoms with Crippen molar-refractivity contribution in [2.24, 2.45) is 0 Å². The van der Waals surface area contributed by atoms with Gasteiger partial charge < -0.3 is 15.1 Å². The Morgan fingerprint density at radius 3 is 2.61 bits per heavy atom. The molecule has 0 atom stereocenters. The smallest absolute Gasteiger partial charge is 0.321 e. The van der Waals surface area contributed by atoms with Crippen LogP contribution in [-0.4, -0.2) is 56.6 Å². The van der Waals surface area contributed by atoms with E-state index < -0.39 is 5.82 Å². The molecule has 3 heterocycles. The Kier molecular flexibility index (Phi) is 5.07. The lowest BCUT2D eigenvalue weighted by atomic mass is 10.3. The zero-order chi connectivity index (χ0) is 19.5. The molecule has 8 nitrogen and oxygen atoms in total. The van der Waals surface area contributed by atoms with Gasteiger partial charge in [-0.15, -0.1) is 0 Å².